The van der Waals surface area contributed by atoms with Gasteiger partial charge in [-0.05, 0) is 54.1 Å². The number of rotatable bonds is 5. The van der Waals surface area contributed by atoms with Gasteiger partial charge in [0.15, 0.2) is 5.76 Å². The van der Waals surface area contributed by atoms with Gasteiger partial charge >= 0.3 is 0 Å². The molecule has 0 atom stereocenters. The molecule has 0 spiro atoms. The van der Waals surface area contributed by atoms with Crippen LogP contribution < -0.4 is 10.1 Å². The molecular formula is C24H19ClFN3O3. The number of ether oxygens (including phenoxy) is 1. The lowest BCUT2D eigenvalue weighted by molar-refractivity contribution is 0.302. The van der Waals surface area contributed by atoms with Crippen LogP contribution in [0.5, 0.6) is 5.75 Å². The Bertz CT molecular complexity index is 1440. The van der Waals surface area contributed by atoms with Crippen molar-refractivity contribution in [1.29, 1.82) is 0 Å². The number of benzene rings is 2. The molecule has 32 heavy (non-hydrogen) atoms. The highest BCUT2D eigenvalue weighted by molar-refractivity contribution is 5.85. The lowest BCUT2D eigenvalue weighted by Gasteiger charge is -2.09. The maximum atomic E-state index is 13.0. The molecule has 0 fully saturated rings. The largest absolute Gasteiger partial charge is 0.493 e. The molecule has 0 aliphatic heterocycles. The normalized spacial score (nSPS) is 11.6. The van der Waals surface area contributed by atoms with Crippen molar-refractivity contribution in [3.63, 3.8) is 0 Å². The third-order valence-electron chi connectivity index (χ3n) is 5.07. The molecule has 2 aromatic carbocycles. The van der Waals surface area contributed by atoms with Crippen LogP contribution in [0.4, 0.5) is 4.39 Å². The number of fused-ring (bicyclic) bond motifs is 2. The third-order valence-corrected chi connectivity index (χ3v) is 5.07. The predicted molar refractivity (Wildman–Crippen MR) is 121 cm³/mol. The molecule has 3 heterocycles. The number of nitrogens with zero attached hydrogens (tertiary/aromatic N) is 3. The van der Waals surface area contributed by atoms with Crippen molar-refractivity contribution in [3.05, 3.63) is 96.0 Å². The highest BCUT2D eigenvalue weighted by Crippen LogP contribution is 2.24. The number of hydrogen-bond donors (Lipinski definition) is 1. The first-order chi connectivity index (χ1) is 15.2. The summed E-state index contributed by atoms with van der Waals surface area (Å²) >= 11 is 0. The van der Waals surface area contributed by atoms with E-state index in [-0.39, 0.29) is 18.2 Å². The van der Waals surface area contributed by atoms with E-state index in [1.54, 1.807) is 42.7 Å². The highest BCUT2D eigenvalue weighted by atomic mass is 35.5. The number of aromatic nitrogens is 2. The zero-order valence-electron chi connectivity index (χ0n) is 16.8. The van der Waals surface area contributed by atoms with E-state index in [1.807, 2.05) is 28.8 Å². The van der Waals surface area contributed by atoms with Gasteiger partial charge in [-0.15, -0.1) is 12.4 Å². The van der Waals surface area contributed by atoms with Gasteiger partial charge in [0.05, 0.1) is 18.3 Å². The fourth-order valence-electron chi connectivity index (χ4n) is 3.46. The summed E-state index contributed by atoms with van der Waals surface area (Å²) in [6, 6.07) is 19.1. The summed E-state index contributed by atoms with van der Waals surface area (Å²) < 4.78 is 26.8. The van der Waals surface area contributed by atoms with E-state index in [2.05, 4.69) is 10.1 Å². The Labute approximate surface area is 188 Å². The van der Waals surface area contributed by atoms with E-state index in [4.69, 9.17) is 9.15 Å². The summed E-state index contributed by atoms with van der Waals surface area (Å²) in [6.07, 6.45) is 4.26. The molecule has 162 valence electrons. The molecule has 0 unspecified atom stereocenters. The van der Waals surface area contributed by atoms with E-state index in [0.29, 0.717) is 46.6 Å². The van der Waals surface area contributed by atoms with Crippen LogP contribution in [-0.2, 0) is 6.42 Å². The molecule has 0 aliphatic carbocycles. The first-order valence-electron chi connectivity index (χ1n) is 9.76. The maximum absolute atomic E-state index is 13.0. The molecule has 0 bridgehead atoms. The molecular weight excluding hydrogens is 433 g/mol. The van der Waals surface area contributed by atoms with E-state index in [0.717, 1.165) is 11.1 Å². The average molecular weight is 452 g/mol. The third kappa shape index (κ3) is 4.29. The predicted octanol–water partition coefficient (Wildman–Crippen LogP) is 5.22. The minimum Gasteiger partial charge on any atom is -0.493 e. The summed E-state index contributed by atoms with van der Waals surface area (Å²) in [7, 11) is 0. The molecule has 0 radical (unpaired) electrons. The van der Waals surface area contributed by atoms with Gasteiger partial charge in [0, 0.05) is 24.2 Å². The molecule has 8 heteroatoms. The Morgan fingerprint density at radius 1 is 1.06 bits per heavy atom. The van der Waals surface area contributed by atoms with Gasteiger partial charge < -0.3 is 18.8 Å². The van der Waals surface area contributed by atoms with Gasteiger partial charge in [0.25, 0.3) is 0 Å². The highest BCUT2D eigenvalue weighted by Gasteiger charge is 2.10. The average Bonchev–Trinajstić information content (AvgIpc) is 3.27. The van der Waals surface area contributed by atoms with Crippen molar-refractivity contribution < 1.29 is 18.8 Å². The van der Waals surface area contributed by atoms with Crippen molar-refractivity contribution in [2.45, 2.75) is 6.42 Å². The minimum absolute atomic E-state index is 0. The Hall–Kier alpha value is -3.84. The van der Waals surface area contributed by atoms with Gasteiger partial charge in [-0.3, -0.25) is 0 Å². The molecule has 0 saturated carbocycles. The molecule has 6 nitrogen and oxygen atoms in total. The van der Waals surface area contributed by atoms with Crippen molar-refractivity contribution in [2.75, 3.05) is 6.61 Å². The number of hydrogen-bond acceptors (Lipinski definition) is 5. The second kappa shape index (κ2) is 9.11. The molecule has 5 rings (SSSR count). The topological polar surface area (TPSA) is 72.3 Å². The minimum atomic E-state index is -0.258. The first kappa shape index (κ1) is 21.4. The van der Waals surface area contributed by atoms with Crippen LogP contribution in [0, 0.1) is 5.82 Å². The molecule has 0 amide bonds. The molecule has 1 N–H and O–H groups in total. The van der Waals surface area contributed by atoms with E-state index in [9.17, 15) is 9.60 Å². The van der Waals surface area contributed by atoms with Crippen LogP contribution >= 0.6 is 12.4 Å². The molecule has 5 aromatic rings. The van der Waals surface area contributed by atoms with Crippen LogP contribution in [0.15, 0.2) is 88.8 Å². The van der Waals surface area contributed by atoms with Crippen molar-refractivity contribution in [2.24, 2.45) is 5.16 Å². The zero-order chi connectivity index (χ0) is 21.2. The van der Waals surface area contributed by atoms with Gasteiger partial charge in [0.1, 0.15) is 28.2 Å². The lowest BCUT2D eigenvalue weighted by Crippen LogP contribution is -2.06. The van der Waals surface area contributed by atoms with Crippen LogP contribution in [0.3, 0.4) is 0 Å². The van der Waals surface area contributed by atoms with E-state index in [1.165, 1.54) is 12.1 Å². The maximum Gasteiger partial charge on any atom is 0.155 e. The van der Waals surface area contributed by atoms with Crippen molar-refractivity contribution in [1.82, 2.24) is 9.38 Å². The Morgan fingerprint density at radius 3 is 2.72 bits per heavy atom. The fourth-order valence-corrected chi connectivity index (χ4v) is 3.46. The summed E-state index contributed by atoms with van der Waals surface area (Å²) in [4.78, 5) is 4.42. The quantitative estimate of drug-likeness (QED) is 0.294. The molecule has 0 saturated heterocycles. The second-order valence-corrected chi connectivity index (χ2v) is 7.09. The summed E-state index contributed by atoms with van der Waals surface area (Å²) in [5, 5.41) is 14.0. The fraction of sp³-hybridized carbons (Fsp3) is 0.0833. The summed E-state index contributed by atoms with van der Waals surface area (Å²) in [6.45, 7) is 0.430. The molecule has 3 aromatic heterocycles. The smallest absolute Gasteiger partial charge is 0.155 e. The summed E-state index contributed by atoms with van der Waals surface area (Å²) in [5.41, 5.74) is 3.15. The van der Waals surface area contributed by atoms with Crippen LogP contribution in [0.1, 0.15) is 5.56 Å². The Balaban J connectivity index is 0.00000245. The van der Waals surface area contributed by atoms with Gasteiger partial charge in [-0.1, -0.05) is 17.3 Å². The zero-order valence-corrected chi connectivity index (χ0v) is 17.6. The van der Waals surface area contributed by atoms with Gasteiger partial charge in [-0.25, -0.2) is 9.37 Å². The lowest BCUT2D eigenvalue weighted by atomic mass is 10.1. The Morgan fingerprint density at radius 2 is 1.91 bits per heavy atom. The van der Waals surface area contributed by atoms with Crippen molar-refractivity contribution >= 4 is 28.9 Å². The Kier molecular flexibility index (Phi) is 6.09. The van der Waals surface area contributed by atoms with Crippen LogP contribution in [0.25, 0.3) is 27.9 Å². The van der Waals surface area contributed by atoms with Gasteiger partial charge in [-0.2, -0.15) is 0 Å². The van der Waals surface area contributed by atoms with Crippen molar-refractivity contribution in [3.8, 4) is 17.2 Å². The van der Waals surface area contributed by atoms with Gasteiger partial charge in [0.2, 0.25) is 0 Å². The molecule has 0 aliphatic rings. The number of halogens is 2. The van der Waals surface area contributed by atoms with E-state index < -0.39 is 0 Å². The monoisotopic (exact) mass is 451 g/mol. The van der Waals surface area contributed by atoms with E-state index >= 15 is 0 Å². The SMILES string of the molecule is Cl.ON=c1cc(-c2cc3cccn3cn2)oc2ccc(OCCc3ccc(F)cc3)cc12. The first-order valence-corrected chi connectivity index (χ1v) is 9.76. The van der Waals surface area contributed by atoms with Crippen LogP contribution in [0.2, 0.25) is 0 Å². The van der Waals surface area contributed by atoms with Crippen LogP contribution in [-0.4, -0.2) is 21.2 Å². The summed E-state index contributed by atoms with van der Waals surface area (Å²) in [5.74, 6) is 0.857. The second-order valence-electron chi connectivity index (χ2n) is 7.09. The standard InChI is InChI=1S/C24H18FN3O3.ClH/c25-17-5-3-16(4-6-17)9-11-30-19-7-8-23-20(13-19)21(27-29)14-24(31-23)22-12-18-2-1-10-28(18)15-26-22;/h1-8,10,12-15,29H,9,11H2;1H.